The summed E-state index contributed by atoms with van der Waals surface area (Å²) in [4.78, 5) is 2.16. The van der Waals surface area contributed by atoms with Crippen LogP contribution in [0.3, 0.4) is 0 Å². The smallest absolute Gasteiger partial charge is 0.108 e. The van der Waals surface area contributed by atoms with Gasteiger partial charge in [-0.1, -0.05) is 62.4 Å². The summed E-state index contributed by atoms with van der Waals surface area (Å²) in [7, 11) is 4.16. The first-order valence-electron chi connectivity index (χ1n) is 8.59. The molecule has 0 heterocycles. The Hall–Kier alpha value is -1.64. The van der Waals surface area contributed by atoms with Gasteiger partial charge in [-0.3, -0.25) is 0 Å². The molecule has 0 saturated heterocycles. The summed E-state index contributed by atoms with van der Waals surface area (Å²) in [6.45, 7) is 6.10. The standard InChI is InChI=1S/C21H29NO/c1-5-17-13-10-14-18(6-2)20(17)21(23-16-15-22(3)4)19-11-8-7-9-12-19/h7-14,21H,5-6,15-16H2,1-4H3. The molecule has 2 aromatic carbocycles. The van der Waals surface area contributed by atoms with Gasteiger partial charge in [0.15, 0.2) is 0 Å². The number of aryl methyl sites for hydroxylation is 2. The Labute approximate surface area is 141 Å². The van der Waals surface area contributed by atoms with Crippen LogP contribution in [0.15, 0.2) is 48.5 Å². The highest BCUT2D eigenvalue weighted by atomic mass is 16.5. The molecule has 0 fully saturated rings. The quantitative estimate of drug-likeness (QED) is 0.713. The van der Waals surface area contributed by atoms with Crippen LogP contribution in [0.1, 0.15) is 42.2 Å². The molecule has 0 spiro atoms. The second-order valence-corrected chi connectivity index (χ2v) is 6.16. The molecule has 0 bridgehead atoms. The van der Waals surface area contributed by atoms with Crippen LogP contribution < -0.4 is 0 Å². The molecule has 124 valence electrons. The van der Waals surface area contributed by atoms with Crippen molar-refractivity contribution in [1.82, 2.24) is 4.90 Å². The maximum Gasteiger partial charge on any atom is 0.108 e. The molecule has 2 heteroatoms. The van der Waals surface area contributed by atoms with Crippen molar-refractivity contribution in [2.24, 2.45) is 0 Å². The predicted molar refractivity (Wildman–Crippen MR) is 98.0 cm³/mol. The molecule has 0 radical (unpaired) electrons. The van der Waals surface area contributed by atoms with E-state index in [0.717, 1.165) is 26.0 Å². The van der Waals surface area contributed by atoms with Gasteiger partial charge in [-0.05, 0) is 49.2 Å². The van der Waals surface area contributed by atoms with Crippen molar-refractivity contribution in [3.8, 4) is 0 Å². The van der Waals surface area contributed by atoms with E-state index in [9.17, 15) is 0 Å². The van der Waals surface area contributed by atoms with Crippen molar-refractivity contribution in [2.75, 3.05) is 27.2 Å². The zero-order chi connectivity index (χ0) is 16.7. The van der Waals surface area contributed by atoms with Gasteiger partial charge in [-0.15, -0.1) is 0 Å². The third kappa shape index (κ3) is 4.66. The molecule has 1 unspecified atom stereocenters. The maximum atomic E-state index is 6.37. The first-order valence-corrected chi connectivity index (χ1v) is 8.59. The van der Waals surface area contributed by atoms with Gasteiger partial charge in [-0.25, -0.2) is 0 Å². The Morgan fingerprint density at radius 3 is 2.00 bits per heavy atom. The van der Waals surface area contributed by atoms with Crippen molar-refractivity contribution < 1.29 is 4.74 Å². The van der Waals surface area contributed by atoms with Gasteiger partial charge in [0.05, 0.1) is 6.61 Å². The number of hydrogen-bond acceptors (Lipinski definition) is 2. The van der Waals surface area contributed by atoms with E-state index in [1.165, 1.54) is 22.3 Å². The average molecular weight is 311 g/mol. The van der Waals surface area contributed by atoms with E-state index in [0.29, 0.717) is 0 Å². The Bertz CT molecular complexity index is 570. The van der Waals surface area contributed by atoms with Crippen LogP contribution in [0.2, 0.25) is 0 Å². The van der Waals surface area contributed by atoms with Crippen LogP contribution in [-0.4, -0.2) is 32.1 Å². The van der Waals surface area contributed by atoms with E-state index in [4.69, 9.17) is 4.74 Å². The van der Waals surface area contributed by atoms with Crippen LogP contribution in [0, 0.1) is 0 Å². The lowest BCUT2D eigenvalue weighted by atomic mass is 9.90. The second-order valence-electron chi connectivity index (χ2n) is 6.16. The molecule has 2 rings (SSSR count). The highest BCUT2D eigenvalue weighted by Gasteiger charge is 2.20. The number of ether oxygens (including phenoxy) is 1. The average Bonchev–Trinajstić information content (AvgIpc) is 2.58. The fraction of sp³-hybridized carbons (Fsp3) is 0.429. The normalized spacial score (nSPS) is 12.6. The molecule has 0 N–H and O–H groups in total. The molecule has 2 aromatic rings. The summed E-state index contributed by atoms with van der Waals surface area (Å²) in [6, 6.07) is 17.2. The van der Waals surface area contributed by atoms with Gasteiger partial charge in [0, 0.05) is 6.54 Å². The lowest BCUT2D eigenvalue weighted by Gasteiger charge is -2.25. The SMILES string of the molecule is CCc1cccc(CC)c1C(OCCN(C)C)c1ccccc1. The molecule has 0 aliphatic carbocycles. The first kappa shape index (κ1) is 17.7. The van der Waals surface area contributed by atoms with Crippen molar-refractivity contribution in [1.29, 1.82) is 0 Å². The fourth-order valence-corrected chi connectivity index (χ4v) is 2.95. The number of nitrogens with zero attached hydrogens (tertiary/aromatic N) is 1. The molecule has 1 atom stereocenters. The topological polar surface area (TPSA) is 12.5 Å². The van der Waals surface area contributed by atoms with E-state index in [1.807, 2.05) is 0 Å². The number of likely N-dealkylation sites (N-methyl/N-ethyl adjacent to an activating group) is 1. The third-order valence-electron chi connectivity index (χ3n) is 4.24. The third-order valence-corrected chi connectivity index (χ3v) is 4.24. The Morgan fingerprint density at radius 1 is 0.870 bits per heavy atom. The highest BCUT2D eigenvalue weighted by Crippen LogP contribution is 2.32. The van der Waals surface area contributed by atoms with Crippen molar-refractivity contribution >= 4 is 0 Å². The summed E-state index contributed by atoms with van der Waals surface area (Å²) < 4.78 is 6.37. The highest BCUT2D eigenvalue weighted by molar-refractivity contribution is 5.42. The molecular weight excluding hydrogens is 282 g/mol. The largest absolute Gasteiger partial charge is 0.367 e. The van der Waals surface area contributed by atoms with Gasteiger partial charge in [0.2, 0.25) is 0 Å². The van der Waals surface area contributed by atoms with E-state index in [1.54, 1.807) is 0 Å². The first-order chi connectivity index (χ1) is 11.2. The van der Waals surface area contributed by atoms with Gasteiger partial charge >= 0.3 is 0 Å². The summed E-state index contributed by atoms with van der Waals surface area (Å²) in [5.74, 6) is 0. The minimum Gasteiger partial charge on any atom is -0.367 e. The summed E-state index contributed by atoms with van der Waals surface area (Å²) >= 11 is 0. The van der Waals surface area contributed by atoms with Crippen molar-refractivity contribution in [3.63, 3.8) is 0 Å². The molecule has 0 aliphatic heterocycles. The van der Waals surface area contributed by atoms with Crippen LogP contribution in [-0.2, 0) is 17.6 Å². The van der Waals surface area contributed by atoms with Crippen molar-refractivity contribution in [2.45, 2.75) is 32.8 Å². The number of rotatable bonds is 8. The van der Waals surface area contributed by atoms with Gasteiger partial charge < -0.3 is 9.64 Å². The van der Waals surface area contributed by atoms with E-state index in [2.05, 4.69) is 81.4 Å². The summed E-state index contributed by atoms with van der Waals surface area (Å²) in [6.07, 6.45) is 2.08. The Kier molecular flexibility index (Phi) is 6.82. The molecular formula is C21H29NO. The zero-order valence-electron chi connectivity index (χ0n) is 14.9. The number of hydrogen-bond donors (Lipinski definition) is 0. The lowest BCUT2D eigenvalue weighted by molar-refractivity contribution is 0.0677. The molecule has 0 aliphatic rings. The predicted octanol–water partition coefficient (Wildman–Crippen LogP) is 4.48. The molecule has 0 aromatic heterocycles. The summed E-state index contributed by atoms with van der Waals surface area (Å²) in [5.41, 5.74) is 5.38. The van der Waals surface area contributed by atoms with Crippen LogP contribution >= 0.6 is 0 Å². The van der Waals surface area contributed by atoms with Gasteiger partial charge in [0.1, 0.15) is 6.10 Å². The van der Waals surface area contributed by atoms with E-state index >= 15 is 0 Å². The lowest BCUT2D eigenvalue weighted by Crippen LogP contribution is -2.21. The van der Waals surface area contributed by atoms with Crippen LogP contribution in [0.5, 0.6) is 0 Å². The molecule has 23 heavy (non-hydrogen) atoms. The maximum absolute atomic E-state index is 6.37. The zero-order valence-corrected chi connectivity index (χ0v) is 14.9. The summed E-state index contributed by atoms with van der Waals surface area (Å²) in [5, 5.41) is 0. The Morgan fingerprint density at radius 2 is 1.48 bits per heavy atom. The van der Waals surface area contributed by atoms with Gasteiger partial charge in [0.25, 0.3) is 0 Å². The number of benzene rings is 2. The van der Waals surface area contributed by atoms with Crippen LogP contribution in [0.25, 0.3) is 0 Å². The second kappa shape index (κ2) is 8.85. The molecule has 2 nitrogen and oxygen atoms in total. The van der Waals surface area contributed by atoms with Crippen molar-refractivity contribution in [3.05, 3.63) is 70.8 Å². The van der Waals surface area contributed by atoms with E-state index < -0.39 is 0 Å². The minimum absolute atomic E-state index is 0.0160. The molecule has 0 saturated carbocycles. The van der Waals surface area contributed by atoms with E-state index in [-0.39, 0.29) is 6.10 Å². The molecule has 0 amide bonds. The minimum atomic E-state index is 0.0160. The van der Waals surface area contributed by atoms with Crippen LogP contribution in [0.4, 0.5) is 0 Å². The Balaban J connectivity index is 2.41. The fourth-order valence-electron chi connectivity index (χ4n) is 2.95. The monoisotopic (exact) mass is 311 g/mol. The van der Waals surface area contributed by atoms with Gasteiger partial charge in [-0.2, -0.15) is 0 Å².